The minimum absolute atomic E-state index is 0.193. The van der Waals surface area contributed by atoms with Crippen LogP contribution >= 0.6 is 23.2 Å². The Balaban J connectivity index is 1.77. The van der Waals surface area contributed by atoms with Crippen LogP contribution in [0.15, 0.2) is 72.0 Å². The number of amides is 1. The monoisotopic (exact) mass is 359 g/mol. The highest BCUT2D eigenvalue weighted by molar-refractivity contribution is 6.35. The number of aromatic nitrogens is 2. The maximum Gasteiger partial charge on any atom is 0.439 e. The average molecular weight is 360 g/mol. The Kier molecular flexibility index (Phi) is 4.93. The number of benzene rings is 2. The van der Waals surface area contributed by atoms with Gasteiger partial charge in [-0.3, -0.25) is 0 Å². The Hall–Kier alpha value is -2.63. The molecule has 0 radical (unpaired) electrons. The lowest BCUT2D eigenvalue weighted by Crippen LogP contribution is -2.13. The Bertz CT molecular complexity index is 920. The van der Waals surface area contributed by atoms with Crippen LogP contribution in [0, 0.1) is 0 Å². The molecule has 0 aliphatic carbocycles. The van der Waals surface area contributed by atoms with E-state index in [0.717, 1.165) is 5.69 Å². The lowest BCUT2D eigenvalue weighted by atomic mass is 10.3. The number of nitrogens with zero attached hydrogens (tertiary/aromatic N) is 3. The van der Waals surface area contributed by atoms with Crippen molar-refractivity contribution < 1.29 is 9.53 Å². The molecule has 1 amide bonds. The third-order valence-corrected chi connectivity index (χ3v) is 3.56. The molecule has 0 N–H and O–H groups in total. The van der Waals surface area contributed by atoms with E-state index in [0.29, 0.717) is 10.4 Å². The molecule has 7 heteroatoms. The fraction of sp³-hybridized carbons (Fsp3) is 0. The molecule has 0 atom stereocenters. The Morgan fingerprint density at radius 2 is 1.88 bits per heavy atom. The summed E-state index contributed by atoms with van der Waals surface area (Å²) >= 11 is 11.7. The van der Waals surface area contributed by atoms with Crippen molar-refractivity contribution in [1.29, 1.82) is 0 Å². The molecule has 3 rings (SSSR count). The van der Waals surface area contributed by atoms with E-state index in [1.807, 2.05) is 30.3 Å². The van der Waals surface area contributed by atoms with Gasteiger partial charge in [0.1, 0.15) is 0 Å². The van der Waals surface area contributed by atoms with Gasteiger partial charge in [0.05, 0.1) is 22.3 Å². The molecule has 0 aliphatic rings. The van der Waals surface area contributed by atoms with Crippen LogP contribution < -0.4 is 10.1 Å². The number of carbonyl (C=O) groups is 1. The van der Waals surface area contributed by atoms with Crippen molar-refractivity contribution in [3.63, 3.8) is 0 Å². The smallest absolute Gasteiger partial charge is 0.407 e. The fourth-order valence-corrected chi connectivity index (χ4v) is 2.38. The predicted molar refractivity (Wildman–Crippen MR) is 91.6 cm³/mol. The maximum atomic E-state index is 11.9. The first-order valence-electron chi connectivity index (χ1n) is 6.94. The molecule has 0 fully saturated rings. The number of para-hydroxylation sites is 1. The standard InChI is InChI=1S/C17H11Cl2N3O2/c18-12-6-7-16(15(19)10-12)24-17(23)21-13-8-9-22(20-11-13)14-4-2-1-3-5-14/h1-11H. The summed E-state index contributed by atoms with van der Waals surface area (Å²) in [6.45, 7) is 0. The van der Waals surface area contributed by atoms with E-state index in [1.165, 1.54) is 18.3 Å². The van der Waals surface area contributed by atoms with E-state index in [-0.39, 0.29) is 10.8 Å². The summed E-state index contributed by atoms with van der Waals surface area (Å²) in [5.41, 5.74) is 0.902. The molecule has 3 aromatic rings. The van der Waals surface area contributed by atoms with Crippen LogP contribution in [-0.4, -0.2) is 15.9 Å². The van der Waals surface area contributed by atoms with Crippen LogP contribution in [-0.2, 0) is 0 Å². The highest BCUT2D eigenvalue weighted by Gasteiger charge is 2.07. The zero-order valence-electron chi connectivity index (χ0n) is 12.3. The van der Waals surface area contributed by atoms with Crippen LogP contribution in [0.3, 0.4) is 0 Å². The second kappa shape index (κ2) is 7.29. The van der Waals surface area contributed by atoms with Crippen LogP contribution in [0.4, 0.5) is 4.79 Å². The summed E-state index contributed by atoms with van der Waals surface area (Å²) in [5, 5.41) is 5.27. The average Bonchev–Trinajstić information content (AvgIpc) is 2.59. The van der Waals surface area contributed by atoms with Crippen molar-refractivity contribution in [2.24, 2.45) is 4.99 Å². The van der Waals surface area contributed by atoms with Crippen molar-refractivity contribution in [3.05, 3.63) is 82.4 Å². The molecule has 0 saturated carbocycles. The lowest BCUT2D eigenvalue weighted by Gasteiger charge is -2.04. The second-order valence-electron chi connectivity index (χ2n) is 4.72. The number of halogens is 2. The van der Waals surface area contributed by atoms with Gasteiger partial charge in [-0.2, -0.15) is 10.1 Å². The first-order valence-corrected chi connectivity index (χ1v) is 7.69. The Labute approximate surface area is 147 Å². The molecule has 0 aliphatic heterocycles. The summed E-state index contributed by atoms with van der Waals surface area (Å²) in [6.07, 6.45) is 2.38. The molecule has 5 nitrogen and oxygen atoms in total. The van der Waals surface area contributed by atoms with E-state index < -0.39 is 6.09 Å². The maximum absolute atomic E-state index is 11.9. The molecule has 24 heavy (non-hydrogen) atoms. The largest absolute Gasteiger partial charge is 0.439 e. The first kappa shape index (κ1) is 16.2. The van der Waals surface area contributed by atoms with Crippen molar-refractivity contribution in [2.45, 2.75) is 0 Å². The van der Waals surface area contributed by atoms with Gasteiger partial charge >= 0.3 is 6.09 Å². The summed E-state index contributed by atoms with van der Waals surface area (Å²) in [4.78, 5) is 15.7. The molecule has 0 bridgehead atoms. The lowest BCUT2D eigenvalue weighted by molar-refractivity contribution is 0.210. The molecule has 2 aromatic carbocycles. The van der Waals surface area contributed by atoms with E-state index in [9.17, 15) is 4.79 Å². The molecule has 0 unspecified atom stereocenters. The predicted octanol–water partition coefficient (Wildman–Crippen LogP) is 4.28. The number of hydrogen-bond donors (Lipinski definition) is 0. The van der Waals surface area contributed by atoms with Crippen molar-refractivity contribution in [3.8, 4) is 11.4 Å². The van der Waals surface area contributed by atoms with Gasteiger partial charge in [0.15, 0.2) is 5.75 Å². The highest BCUT2D eigenvalue weighted by atomic mass is 35.5. The highest BCUT2D eigenvalue weighted by Crippen LogP contribution is 2.27. The SMILES string of the molecule is O=C(N=c1ccn(-c2ccccc2)nc1)Oc1ccc(Cl)cc1Cl. The summed E-state index contributed by atoms with van der Waals surface area (Å²) in [7, 11) is 0. The number of carbonyl (C=O) groups excluding carboxylic acids is 1. The van der Waals surface area contributed by atoms with E-state index in [4.69, 9.17) is 27.9 Å². The van der Waals surface area contributed by atoms with Gasteiger partial charge in [0, 0.05) is 11.2 Å². The normalized spacial score (nSPS) is 11.3. The third-order valence-electron chi connectivity index (χ3n) is 3.03. The molecule has 1 aromatic heterocycles. The van der Waals surface area contributed by atoms with Gasteiger partial charge in [0.2, 0.25) is 0 Å². The molecule has 120 valence electrons. The van der Waals surface area contributed by atoms with Crippen LogP contribution in [0.2, 0.25) is 10.0 Å². The molecule has 0 spiro atoms. The van der Waals surface area contributed by atoms with Gasteiger partial charge in [-0.1, -0.05) is 41.4 Å². The fourth-order valence-electron chi connectivity index (χ4n) is 1.93. The van der Waals surface area contributed by atoms with E-state index in [1.54, 1.807) is 23.0 Å². The van der Waals surface area contributed by atoms with Crippen LogP contribution in [0.25, 0.3) is 5.69 Å². The Morgan fingerprint density at radius 1 is 1.08 bits per heavy atom. The van der Waals surface area contributed by atoms with E-state index in [2.05, 4.69) is 10.1 Å². The van der Waals surface area contributed by atoms with Gasteiger partial charge < -0.3 is 4.74 Å². The Morgan fingerprint density at radius 3 is 2.54 bits per heavy atom. The van der Waals surface area contributed by atoms with Crippen molar-refractivity contribution >= 4 is 29.3 Å². The molecular weight excluding hydrogens is 349 g/mol. The minimum Gasteiger partial charge on any atom is -0.407 e. The van der Waals surface area contributed by atoms with Gasteiger partial charge in [-0.15, -0.1) is 0 Å². The number of ether oxygens (including phenoxy) is 1. The van der Waals surface area contributed by atoms with E-state index >= 15 is 0 Å². The number of hydrogen-bond acceptors (Lipinski definition) is 3. The van der Waals surface area contributed by atoms with Gasteiger partial charge in [-0.25, -0.2) is 9.48 Å². The number of rotatable bonds is 2. The molecular formula is C17H11Cl2N3O2. The topological polar surface area (TPSA) is 56.5 Å². The van der Waals surface area contributed by atoms with Gasteiger partial charge in [-0.05, 0) is 36.4 Å². The molecule has 1 heterocycles. The summed E-state index contributed by atoms with van der Waals surface area (Å²) in [6, 6.07) is 15.8. The summed E-state index contributed by atoms with van der Waals surface area (Å²) < 4.78 is 6.76. The second-order valence-corrected chi connectivity index (χ2v) is 5.56. The first-order chi connectivity index (χ1) is 11.6. The van der Waals surface area contributed by atoms with Crippen molar-refractivity contribution in [2.75, 3.05) is 0 Å². The van der Waals surface area contributed by atoms with Crippen molar-refractivity contribution in [1.82, 2.24) is 9.78 Å². The van der Waals surface area contributed by atoms with Crippen LogP contribution in [0.5, 0.6) is 5.75 Å². The quantitative estimate of drug-likeness (QED) is 0.686. The third kappa shape index (κ3) is 4.01. The van der Waals surface area contributed by atoms with Gasteiger partial charge in [0.25, 0.3) is 0 Å². The minimum atomic E-state index is -0.793. The zero-order valence-corrected chi connectivity index (χ0v) is 13.8. The van der Waals surface area contributed by atoms with Crippen LogP contribution in [0.1, 0.15) is 0 Å². The summed E-state index contributed by atoms with van der Waals surface area (Å²) in [5.74, 6) is 0.193. The molecule has 0 saturated heterocycles. The zero-order chi connectivity index (χ0) is 16.9.